The molecule has 438 valence electrons. The topological polar surface area (TPSA) is 80.3 Å². The minimum absolute atomic E-state index is 0.123. The molecule has 7 aromatic rings. The van der Waals surface area contributed by atoms with E-state index in [9.17, 15) is 0 Å². The van der Waals surface area contributed by atoms with Gasteiger partial charge in [0.05, 0.1) is 26.4 Å². The van der Waals surface area contributed by atoms with Crippen LogP contribution in [0.15, 0.2) is 158 Å². The van der Waals surface area contributed by atoms with Crippen LogP contribution in [0.2, 0.25) is 0 Å². The third kappa shape index (κ3) is 16.4. The molecule has 0 N–H and O–H groups in total. The minimum atomic E-state index is -0.126. The van der Waals surface area contributed by atoms with Crippen LogP contribution < -0.4 is 9.80 Å². The van der Waals surface area contributed by atoms with Crippen molar-refractivity contribution < 1.29 is 37.9 Å². The monoisotopic (exact) mass is 1130 g/mol. The van der Waals surface area contributed by atoms with Crippen molar-refractivity contribution in [2.75, 3.05) is 36.2 Å². The van der Waals surface area contributed by atoms with Crippen molar-refractivity contribution >= 4 is 58.4 Å². The van der Waals surface area contributed by atoms with Crippen molar-refractivity contribution in [3.63, 3.8) is 0 Å². The van der Waals surface area contributed by atoms with Gasteiger partial charge in [0.2, 0.25) is 0 Å². The Morgan fingerprint density at radius 2 is 0.690 bits per heavy atom. The molecule has 11 rings (SSSR count). The lowest BCUT2D eigenvalue weighted by Crippen LogP contribution is -2.22. The van der Waals surface area contributed by atoms with Gasteiger partial charge < -0.3 is 47.7 Å². The highest BCUT2D eigenvalue weighted by Gasteiger charge is 2.22. The lowest BCUT2D eigenvalue weighted by molar-refractivity contribution is -0.169. The Balaban J connectivity index is 0.767. The summed E-state index contributed by atoms with van der Waals surface area (Å²) in [6.07, 6.45) is 22.9. The number of anilines is 6. The molecule has 4 atom stereocenters. The van der Waals surface area contributed by atoms with Crippen LogP contribution in [0.4, 0.5) is 34.1 Å². The van der Waals surface area contributed by atoms with Crippen LogP contribution in [0.25, 0.3) is 24.3 Å². The van der Waals surface area contributed by atoms with Crippen LogP contribution in [0.5, 0.6) is 0 Å². The number of nitrogens with zero attached hydrogens (tertiary/aromatic N) is 2. The fraction of sp³-hybridized carbons (Fsp3) is 0.378. The number of hydrogen-bond donors (Lipinski definition) is 0. The Hall–Kier alpha value is -6.70. The SMILES string of the molecule is CCc1cc(N(c2ccc(COC3CCCCO3)cc2)c2ccc(COC3CCCCO3)cc2)ccc1C=Cc1ccc(C=Cc2ccc(N(c3ccc(COC4CCCCO4)cc3)c3ccc(COC4CCCCO4)cc3CC)cc2)cc1. The van der Waals surface area contributed by atoms with Gasteiger partial charge in [0.25, 0.3) is 0 Å². The zero-order valence-electron chi connectivity index (χ0n) is 49.3. The van der Waals surface area contributed by atoms with E-state index in [-0.39, 0.29) is 25.2 Å². The van der Waals surface area contributed by atoms with Crippen molar-refractivity contribution in [1.29, 1.82) is 0 Å². The van der Waals surface area contributed by atoms with Crippen LogP contribution in [-0.4, -0.2) is 51.6 Å². The molecule has 10 nitrogen and oxygen atoms in total. The number of ether oxygens (including phenoxy) is 8. The Labute approximate surface area is 498 Å². The summed E-state index contributed by atoms with van der Waals surface area (Å²) in [7, 11) is 0. The summed E-state index contributed by atoms with van der Waals surface area (Å²) in [6.45, 7) is 9.65. The lowest BCUT2D eigenvalue weighted by Gasteiger charge is -2.28. The molecule has 0 radical (unpaired) electrons. The summed E-state index contributed by atoms with van der Waals surface area (Å²) < 4.78 is 48.1. The summed E-state index contributed by atoms with van der Waals surface area (Å²) in [6, 6.07) is 57.4. The highest BCUT2D eigenvalue weighted by Crippen LogP contribution is 2.40. The normalized spacial score (nSPS) is 19.5. The molecule has 0 spiro atoms. The van der Waals surface area contributed by atoms with E-state index >= 15 is 0 Å². The molecule has 84 heavy (non-hydrogen) atoms. The fourth-order valence-corrected chi connectivity index (χ4v) is 11.5. The second-order valence-corrected chi connectivity index (χ2v) is 22.6. The van der Waals surface area contributed by atoms with Crippen molar-refractivity contribution in [3.8, 4) is 0 Å². The summed E-state index contributed by atoms with van der Waals surface area (Å²) in [5, 5.41) is 0. The Kier molecular flexibility index (Phi) is 21.4. The average Bonchev–Trinajstić information content (AvgIpc) is 3.68. The summed E-state index contributed by atoms with van der Waals surface area (Å²) in [4.78, 5) is 4.70. The molecule has 0 saturated carbocycles. The molecule has 0 amide bonds. The lowest BCUT2D eigenvalue weighted by atomic mass is 10.0. The summed E-state index contributed by atoms with van der Waals surface area (Å²) in [5.74, 6) is 0. The van der Waals surface area contributed by atoms with E-state index in [4.69, 9.17) is 37.9 Å². The first kappa shape index (κ1) is 59.0. The van der Waals surface area contributed by atoms with Crippen LogP contribution in [-0.2, 0) is 77.2 Å². The minimum Gasteiger partial charge on any atom is -0.353 e. The number of rotatable bonds is 24. The zero-order chi connectivity index (χ0) is 57.1. The first-order chi connectivity index (χ1) is 41.5. The summed E-state index contributed by atoms with van der Waals surface area (Å²) >= 11 is 0. The van der Waals surface area contributed by atoms with E-state index in [0.717, 1.165) is 189 Å². The van der Waals surface area contributed by atoms with Crippen molar-refractivity contribution in [1.82, 2.24) is 0 Å². The van der Waals surface area contributed by atoms with Crippen LogP contribution in [0.3, 0.4) is 0 Å². The van der Waals surface area contributed by atoms with Gasteiger partial charge in [0.1, 0.15) is 0 Å². The third-order valence-corrected chi connectivity index (χ3v) is 16.4. The van der Waals surface area contributed by atoms with E-state index in [1.54, 1.807) is 0 Å². The molecule has 4 unspecified atom stereocenters. The molecular weight excluding hydrogens is 1040 g/mol. The molecular formula is C74H84N2O8. The number of benzene rings is 7. The van der Waals surface area contributed by atoms with E-state index < -0.39 is 0 Å². The molecule has 0 aromatic heterocycles. The molecule has 0 aliphatic carbocycles. The van der Waals surface area contributed by atoms with Crippen LogP contribution >= 0.6 is 0 Å². The fourth-order valence-electron chi connectivity index (χ4n) is 11.5. The second-order valence-electron chi connectivity index (χ2n) is 22.6. The van der Waals surface area contributed by atoms with Gasteiger partial charge in [-0.15, -0.1) is 0 Å². The van der Waals surface area contributed by atoms with Gasteiger partial charge in [0.15, 0.2) is 25.2 Å². The molecule has 7 aromatic carbocycles. The molecule has 4 aliphatic rings. The van der Waals surface area contributed by atoms with Crippen molar-refractivity contribution in [3.05, 3.63) is 213 Å². The molecule has 4 saturated heterocycles. The van der Waals surface area contributed by atoms with E-state index in [1.165, 1.54) is 16.7 Å². The highest BCUT2D eigenvalue weighted by molar-refractivity contribution is 5.82. The highest BCUT2D eigenvalue weighted by atomic mass is 16.7. The number of hydrogen-bond acceptors (Lipinski definition) is 10. The quantitative estimate of drug-likeness (QED) is 0.0546. The Morgan fingerprint density at radius 1 is 0.345 bits per heavy atom. The first-order valence-corrected chi connectivity index (χ1v) is 31.1. The van der Waals surface area contributed by atoms with Crippen LogP contribution in [0, 0.1) is 0 Å². The maximum atomic E-state index is 6.22. The van der Waals surface area contributed by atoms with Gasteiger partial charge in [-0.2, -0.15) is 0 Å². The third-order valence-electron chi connectivity index (χ3n) is 16.4. The van der Waals surface area contributed by atoms with E-state index in [0.29, 0.717) is 26.4 Å². The molecule has 4 aliphatic heterocycles. The largest absolute Gasteiger partial charge is 0.353 e. The standard InChI is InChI=1S/C74H84N2O8/c1-3-62-50-69(75(65-37-26-58(27-38-65)51-81-71-13-5-9-45-77-71)66-39-28-59(29-40-66)52-82-72-14-6-10-46-78-72)43-34-64(62)33-23-56-20-17-55(18-21-56)19-22-57-24-35-67(36-25-57)76(68-41-30-60(31-42-68)53-83-73-15-7-11-47-79-73)70-44-32-61(49-63(70)4-2)54-84-74-16-8-12-48-80-74/h17-44,49-50,71-74H,3-16,45-48,51-54H2,1-2H3. The van der Waals surface area contributed by atoms with Crippen molar-refractivity contribution in [2.45, 2.75) is 155 Å². The first-order valence-electron chi connectivity index (χ1n) is 31.1. The van der Waals surface area contributed by atoms with Gasteiger partial charge in [0, 0.05) is 60.6 Å². The predicted octanol–water partition coefficient (Wildman–Crippen LogP) is 18.3. The molecule has 4 heterocycles. The van der Waals surface area contributed by atoms with E-state index in [1.807, 2.05) is 0 Å². The van der Waals surface area contributed by atoms with Gasteiger partial charge in [-0.3, -0.25) is 0 Å². The molecule has 4 fully saturated rings. The maximum absolute atomic E-state index is 6.22. The zero-order valence-corrected chi connectivity index (χ0v) is 49.3. The second kappa shape index (κ2) is 30.4. The Bertz CT molecular complexity index is 3110. The van der Waals surface area contributed by atoms with E-state index in [2.05, 4.69) is 206 Å². The van der Waals surface area contributed by atoms with Gasteiger partial charge >= 0.3 is 0 Å². The van der Waals surface area contributed by atoms with Crippen LogP contribution in [0.1, 0.15) is 147 Å². The number of aryl methyl sites for hydroxylation is 2. The predicted molar refractivity (Wildman–Crippen MR) is 339 cm³/mol. The van der Waals surface area contributed by atoms with Gasteiger partial charge in [-0.05, 0) is 212 Å². The molecule has 0 bridgehead atoms. The Morgan fingerprint density at radius 3 is 1.08 bits per heavy atom. The summed E-state index contributed by atoms with van der Waals surface area (Å²) in [5.41, 5.74) is 18.3. The average molecular weight is 1130 g/mol. The maximum Gasteiger partial charge on any atom is 0.158 e. The molecule has 10 heteroatoms. The smallest absolute Gasteiger partial charge is 0.158 e. The van der Waals surface area contributed by atoms with Gasteiger partial charge in [-0.1, -0.05) is 129 Å². The van der Waals surface area contributed by atoms with Crippen molar-refractivity contribution in [2.24, 2.45) is 0 Å². The van der Waals surface area contributed by atoms with Gasteiger partial charge in [-0.25, -0.2) is 0 Å².